The largest absolute Gasteiger partial charge is 0.336 e. The highest BCUT2D eigenvalue weighted by Gasteiger charge is 2.29. The molecular weight excluding hydrogens is 266 g/mol. The Morgan fingerprint density at radius 3 is 2.14 bits per heavy atom. The Morgan fingerprint density at radius 2 is 1.50 bits per heavy atom. The number of nitrogens with zero attached hydrogens (tertiary/aromatic N) is 1. The van der Waals surface area contributed by atoms with Crippen LogP contribution in [0.2, 0.25) is 0 Å². The van der Waals surface area contributed by atoms with E-state index in [1.54, 1.807) is 5.56 Å². The van der Waals surface area contributed by atoms with Crippen LogP contribution in [0.4, 0.5) is 0 Å². The molecule has 1 aromatic heterocycles. The summed E-state index contributed by atoms with van der Waals surface area (Å²) in [5, 5.41) is 2.83. The third-order valence-corrected chi connectivity index (χ3v) is 5.12. The molecule has 4 rings (SSSR count). The molecule has 22 heavy (non-hydrogen) atoms. The normalized spacial score (nSPS) is 14.6. The predicted molar refractivity (Wildman–Crippen MR) is 95.9 cm³/mol. The SMILES string of the molecule is CC(C)(C)c1ccc2c3ccc(C(C)(C)C)c4c3n(c2c1)C4. The summed E-state index contributed by atoms with van der Waals surface area (Å²) in [6.45, 7) is 14.9. The van der Waals surface area contributed by atoms with Gasteiger partial charge in [0, 0.05) is 16.3 Å². The highest BCUT2D eigenvalue weighted by atomic mass is 15.0. The van der Waals surface area contributed by atoms with Gasteiger partial charge in [0.25, 0.3) is 0 Å². The van der Waals surface area contributed by atoms with Gasteiger partial charge in [-0.2, -0.15) is 0 Å². The van der Waals surface area contributed by atoms with E-state index < -0.39 is 0 Å². The summed E-state index contributed by atoms with van der Waals surface area (Å²) >= 11 is 0. The van der Waals surface area contributed by atoms with Crippen molar-refractivity contribution >= 4 is 21.8 Å². The molecule has 0 spiro atoms. The van der Waals surface area contributed by atoms with Gasteiger partial charge >= 0.3 is 0 Å². The van der Waals surface area contributed by atoms with Crippen LogP contribution < -0.4 is 0 Å². The molecule has 0 saturated heterocycles. The maximum Gasteiger partial charge on any atom is 0.0548 e. The maximum atomic E-state index is 2.50. The molecule has 2 heterocycles. The summed E-state index contributed by atoms with van der Waals surface area (Å²) in [4.78, 5) is 0. The minimum absolute atomic E-state index is 0.202. The van der Waals surface area contributed by atoms with Crippen LogP contribution >= 0.6 is 0 Å². The standard InChI is InChI=1S/C21H25N/c1-20(2,3)13-7-8-14-15-9-10-17(21(4,5)6)16-12-22(19(15)16)18(14)11-13/h7-11H,12H2,1-6H3. The summed E-state index contributed by atoms with van der Waals surface area (Å²) in [6.07, 6.45) is 0. The second kappa shape index (κ2) is 3.95. The molecule has 1 heteroatoms. The molecule has 1 aliphatic rings. The van der Waals surface area contributed by atoms with Gasteiger partial charge in [-0.25, -0.2) is 0 Å². The zero-order valence-electron chi connectivity index (χ0n) is 14.5. The van der Waals surface area contributed by atoms with Gasteiger partial charge in [-0.15, -0.1) is 0 Å². The van der Waals surface area contributed by atoms with Crippen molar-refractivity contribution in [2.75, 3.05) is 0 Å². The second-order valence-corrected chi connectivity index (χ2v) is 8.81. The molecule has 3 aromatic rings. The molecule has 0 aliphatic carbocycles. The van der Waals surface area contributed by atoms with Gasteiger partial charge in [0.2, 0.25) is 0 Å². The lowest BCUT2D eigenvalue weighted by Gasteiger charge is -2.29. The van der Waals surface area contributed by atoms with Crippen molar-refractivity contribution in [2.45, 2.75) is 58.9 Å². The molecule has 114 valence electrons. The first kappa shape index (κ1) is 13.9. The van der Waals surface area contributed by atoms with Crippen LogP contribution in [0.15, 0.2) is 30.3 Å². The molecule has 2 aromatic carbocycles. The molecule has 1 aliphatic heterocycles. The Labute approximate surface area is 132 Å². The van der Waals surface area contributed by atoms with Crippen LogP contribution in [0, 0.1) is 0 Å². The van der Waals surface area contributed by atoms with E-state index in [2.05, 4.69) is 76.4 Å². The fraction of sp³-hybridized carbons (Fsp3) is 0.429. The van der Waals surface area contributed by atoms with Gasteiger partial charge in [-0.3, -0.25) is 0 Å². The summed E-state index contributed by atoms with van der Waals surface area (Å²) in [5.41, 5.74) is 7.78. The third kappa shape index (κ3) is 1.71. The van der Waals surface area contributed by atoms with E-state index in [1.807, 2.05) is 0 Å². The molecule has 0 bridgehead atoms. The van der Waals surface area contributed by atoms with Crippen LogP contribution in [-0.4, -0.2) is 4.57 Å². The molecule has 1 nitrogen and oxygen atoms in total. The van der Waals surface area contributed by atoms with Crippen molar-refractivity contribution in [1.29, 1.82) is 0 Å². The molecule has 0 N–H and O–H groups in total. The van der Waals surface area contributed by atoms with Crippen LogP contribution in [0.1, 0.15) is 58.2 Å². The van der Waals surface area contributed by atoms with Crippen LogP contribution in [0.3, 0.4) is 0 Å². The molecule has 0 unspecified atom stereocenters. The number of hydrogen-bond donors (Lipinski definition) is 0. The fourth-order valence-corrected chi connectivity index (χ4v) is 3.83. The minimum atomic E-state index is 0.202. The lowest BCUT2D eigenvalue weighted by atomic mass is 9.81. The number of fused-ring (bicyclic) bond motifs is 3. The molecular formula is C21H25N. The maximum absolute atomic E-state index is 2.50. The highest BCUT2D eigenvalue weighted by Crippen LogP contribution is 2.43. The predicted octanol–water partition coefficient (Wildman–Crippen LogP) is 5.75. The number of benzene rings is 2. The van der Waals surface area contributed by atoms with Crippen LogP contribution in [0.25, 0.3) is 21.8 Å². The molecule has 0 saturated carbocycles. The van der Waals surface area contributed by atoms with E-state index >= 15 is 0 Å². The third-order valence-electron chi connectivity index (χ3n) is 5.12. The van der Waals surface area contributed by atoms with Crippen molar-refractivity contribution in [1.82, 2.24) is 4.57 Å². The van der Waals surface area contributed by atoms with Crippen molar-refractivity contribution in [3.63, 3.8) is 0 Å². The summed E-state index contributed by atoms with van der Waals surface area (Å²) in [5.74, 6) is 0. The Balaban J connectivity index is 2.05. The first-order valence-electron chi connectivity index (χ1n) is 8.27. The van der Waals surface area contributed by atoms with Crippen LogP contribution in [0.5, 0.6) is 0 Å². The molecule has 0 fully saturated rings. The first-order chi connectivity index (χ1) is 10.2. The highest BCUT2D eigenvalue weighted by molar-refractivity contribution is 6.11. The Hall–Kier alpha value is -1.76. The van der Waals surface area contributed by atoms with E-state index in [-0.39, 0.29) is 10.8 Å². The van der Waals surface area contributed by atoms with E-state index in [4.69, 9.17) is 0 Å². The van der Waals surface area contributed by atoms with Gasteiger partial charge in [0.05, 0.1) is 12.1 Å². The zero-order valence-corrected chi connectivity index (χ0v) is 14.5. The van der Waals surface area contributed by atoms with Gasteiger partial charge in [0.1, 0.15) is 0 Å². The van der Waals surface area contributed by atoms with Gasteiger partial charge in [0.15, 0.2) is 0 Å². The summed E-state index contributed by atoms with van der Waals surface area (Å²) < 4.78 is 2.50. The Kier molecular flexibility index (Phi) is 2.49. The van der Waals surface area contributed by atoms with Crippen molar-refractivity contribution in [3.8, 4) is 0 Å². The fourth-order valence-electron chi connectivity index (χ4n) is 3.83. The molecule has 0 atom stereocenters. The summed E-state index contributed by atoms with van der Waals surface area (Å²) in [7, 11) is 0. The van der Waals surface area contributed by atoms with Crippen LogP contribution in [-0.2, 0) is 17.4 Å². The Morgan fingerprint density at radius 1 is 0.818 bits per heavy atom. The molecule has 0 amide bonds. The number of rotatable bonds is 0. The summed E-state index contributed by atoms with van der Waals surface area (Å²) in [6, 6.07) is 11.7. The average Bonchev–Trinajstić information content (AvgIpc) is 2.65. The van der Waals surface area contributed by atoms with Gasteiger partial charge in [-0.1, -0.05) is 65.8 Å². The Bertz CT molecular complexity index is 888. The van der Waals surface area contributed by atoms with Gasteiger partial charge in [-0.05, 0) is 33.6 Å². The molecule has 0 radical (unpaired) electrons. The van der Waals surface area contributed by atoms with E-state index in [1.165, 1.54) is 32.9 Å². The lowest BCUT2D eigenvalue weighted by molar-refractivity contribution is 0.574. The van der Waals surface area contributed by atoms with E-state index in [0.717, 1.165) is 6.54 Å². The number of hydrogen-bond acceptors (Lipinski definition) is 0. The van der Waals surface area contributed by atoms with E-state index in [0.29, 0.717) is 0 Å². The first-order valence-corrected chi connectivity index (χ1v) is 8.27. The topological polar surface area (TPSA) is 4.93 Å². The number of aromatic nitrogens is 1. The quantitative estimate of drug-likeness (QED) is 0.388. The van der Waals surface area contributed by atoms with Gasteiger partial charge < -0.3 is 4.57 Å². The lowest BCUT2D eigenvalue weighted by Crippen LogP contribution is -2.21. The monoisotopic (exact) mass is 291 g/mol. The van der Waals surface area contributed by atoms with Crippen molar-refractivity contribution in [3.05, 3.63) is 47.0 Å². The average molecular weight is 291 g/mol. The smallest absolute Gasteiger partial charge is 0.0548 e. The zero-order chi connectivity index (χ0) is 15.9. The van der Waals surface area contributed by atoms with Crippen molar-refractivity contribution in [2.24, 2.45) is 0 Å². The minimum Gasteiger partial charge on any atom is -0.336 e. The second-order valence-electron chi connectivity index (χ2n) is 8.81. The van der Waals surface area contributed by atoms with E-state index in [9.17, 15) is 0 Å². The van der Waals surface area contributed by atoms with Crippen molar-refractivity contribution < 1.29 is 0 Å².